The average Bonchev–Trinajstić information content (AvgIpc) is 3.11. The molecule has 1 aromatic heterocycles. The lowest BCUT2D eigenvalue weighted by Gasteiger charge is -2.03. The molecule has 9 heteroatoms. The monoisotopic (exact) mass is 356 g/mol. The van der Waals surface area contributed by atoms with Crippen molar-refractivity contribution in [2.45, 2.75) is 5.16 Å². The molecule has 0 spiro atoms. The number of aromatic nitrogens is 4. The van der Waals surface area contributed by atoms with E-state index in [0.29, 0.717) is 10.7 Å². The van der Waals surface area contributed by atoms with Crippen LogP contribution < -0.4 is 5.43 Å². The first-order valence-electron chi connectivity index (χ1n) is 7.26. The van der Waals surface area contributed by atoms with Gasteiger partial charge in [-0.05, 0) is 40.3 Å². The number of thioether (sulfide) groups is 1. The van der Waals surface area contributed by atoms with Gasteiger partial charge in [0.05, 0.1) is 17.7 Å². The molecule has 0 unspecified atom stereocenters. The predicted octanol–water partition coefficient (Wildman–Crippen LogP) is 2.04. The van der Waals surface area contributed by atoms with Gasteiger partial charge >= 0.3 is 0 Å². The summed E-state index contributed by atoms with van der Waals surface area (Å²) in [5.41, 5.74) is 3.90. The van der Waals surface area contributed by atoms with Gasteiger partial charge in [-0.2, -0.15) is 9.78 Å². The second-order valence-corrected chi connectivity index (χ2v) is 5.78. The van der Waals surface area contributed by atoms with Gasteiger partial charge in [0.2, 0.25) is 5.16 Å². The molecule has 0 saturated carbocycles. The van der Waals surface area contributed by atoms with Crippen molar-refractivity contribution >= 4 is 23.9 Å². The van der Waals surface area contributed by atoms with Crippen LogP contribution in [0.5, 0.6) is 0 Å². The highest BCUT2D eigenvalue weighted by molar-refractivity contribution is 7.99. The summed E-state index contributed by atoms with van der Waals surface area (Å²) < 4.78 is 14.3. The Morgan fingerprint density at radius 2 is 1.96 bits per heavy atom. The highest BCUT2D eigenvalue weighted by Gasteiger charge is 2.10. The Morgan fingerprint density at radius 1 is 1.20 bits per heavy atom. The first-order valence-corrected chi connectivity index (χ1v) is 8.25. The summed E-state index contributed by atoms with van der Waals surface area (Å²) in [6.07, 6.45) is 1.44. The van der Waals surface area contributed by atoms with Crippen LogP contribution in [0.1, 0.15) is 5.56 Å². The van der Waals surface area contributed by atoms with Gasteiger partial charge in [-0.15, -0.1) is 5.10 Å². The molecular weight excluding hydrogens is 343 g/mol. The van der Waals surface area contributed by atoms with Crippen LogP contribution in [-0.4, -0.2) is 38.1 Å². The molecule has 0 radical (unpaired) electrons. The van der Waals surface area contributed by atoms with E-state index in [0.717, 1.165) is 5.69 Å². The number of carbonyl (C=O) groups excluding carboxylic acids is 1. The number of rotatable bonds is 6. The fraction of sp³-hybridized carbons (Fsp3) is 0.0625. The van der Waals surface area contributed by atoms with Crippen molar-refractivity contribution in [3.8, 4) is 5.69 Å². The highest BCUT2D eigenvalue weighted by atomic mass is 32.2. The maximum Gasteiger partial charge on any atom is 0.250 e. The van der Waals surface area contributed by atoms with Crippen LogP contribution >= 0.6 is 11.8 Å². The molecule has 0 atom stereocenters. The number of amides is 1. The van der Waals surface area contributed by atoms with E-state index in [1.165, 1.54) is 30.1 Å². The number of hydrogen-bond acceptors (Lipinski definition) is 6. The number of benzene rings is 2. The standard InChI is InChI=1S/C16H13FN6OS/c17-13-8-6-12(7-9-13)10-18-19-15(24)11-25-16-20-21-22-23(16)14-4-2-1-3-5-14/h1-10H,11H2,(H,19,24)/b18-10-. The topological polar surface area (TPSA) is 85.1 Å². The molecule has 0 fully saturated rings. The van der Waals surface area contributed by atoms with Crippen molar-refractivity contribution in [3.05, 3.63) is 66.0 Å². The van der Waals surface area contributed by atoms with Crippen LogP contribution in [0.15, 0.2) is 64.9 Å². The first kappa shape index (κ1) is 16.8. The lowest BCUT2D eigenvalue weighted by molar-refractivity contribution is -0.118. The van der Waals surface area contributed by atoms with Crippen LogP contribution in [0, 0.1) is 5.82 Å². The van der Waals surface area contributed by atoms with E-state index in [2.05, 4.69) is 26.1 Å². The molecule has 0 aliphatic carbocycles. The quantitative estimate of drug-likeness (QED) is 0.415. The zero-order chi connectivity index (χ0) is 17.5. The van der Waals surface area contributed by atoms with E-state index in [1.54, 1.807) is 16.8 Å². The molecule has 1 heterocycles. The number of hydrazone groups is 1. The second-order valence-electron chi connectivity index (χ2n) is 4.84. The SMILES string of the molecule is O=C(CSc1nnnn1-c1ccccc1)N/N=C\c1ccc(F)cc1. The van der Waals surface area contributed by atoms with Crippen molar-refractivity contribution < 1.29 is 9.18 Å². The van der Waals surface area contributed by atoms with E-state index in [1.807, 2.05) is 30.3 Å². The molecule has 1 amide bonds. The normalized spacial score (nSPS) is 10.9. The van der Waals surface area contributed by atoms with Crippen LogP contribution in [-0.2, 0) is 4.79 Å². The molecule has 3 aromatic rings. The average molecular weight is 356 g/mol. The molecule has 1 N–H and O–H groups in total. The molecule has 0 saturated heterocycles. The molecule has 3 rings (SSSR count). The van der Waals surface area contributed by atoms with E-state index >= 15 is 0 Å². The minimum Gasteiger partial charge on any atom is -0.272 e. The van der Waals surface area contributed by atoms with Crippen LogP contribution in [0.3, 0.4) is 0 Å². The van der Waals surface area contributed by atoms with Crippen molar-refractivity contribution in [2.24, 2.45) is 5.10 Å². The Bertz CT molecular complexity index is 866. The summed E-state index contributed by atoms with van der Waals surface area (Å²) in [5, 5.41) is 15.8. The second kappa shape index (κ2) is 8.15. The molecule has 25 heavy (non-hydrogen) atoms. The molecule has 7 nitrogen and oxygen atoms in total. The number of nitrogens with zero attached hydrogens (tertiary/aromatic N) is 5. The number of hydrogen-bond donors (Lipinski definition) is 1. The zero-order valence-electron chi connectivity index (χ0n) is 12.9. The minimum atomic E-state index is -0.325. The third kappa shape index (κ3) is 4.70. The van der Waals surface area contributed by atoms with Gasteiger partial charge in [0.1, 0.15) is 5.82 Å². The largest absolute Gasteiger partial charge is 0.272 e. The number of carbonyl (C=O) groups is 1. The van der Waals surface area contributed by atoms with Crippen LogP contribution in [0.25, 0.3) is 5.69 Å². The molecular formula is C16H13FN6OS. The third-order valence-corrected chi connectivity index (χ3v) is 3.97. The number of para-hydroxylation sites is 1. The molecule has 126 valence electrons. The van der Waals surface area contributed by atoms with Crippen LogP contribution in [0.4, 0.5) is 4.39 Å². The third-order valence-electron chi connectivity index (χ3n) is 3.05. The van der Waals surface area contributed by atoms with E-state index in [-0.39, 0.29) is 17.5 Å². The molecule has 0 aliphatic heterocycles. The van der Waals surface area contributed by atoms with Gasteiger partial charge in [0.25, 0.3) is 5.91 Å². The maximum absolute atomic E-state index is 12.8. The summed E-state index contributed by atoms with van der Waals surface area (Å²) >= 11 is 1.20. The zero-order valence-corrected chi connectivity index (χ0v) is 13.7. The maximum atomic E-state index is 12.8. The van der Waals surface area contributed by atoms with Gasteiger partial charge in [0.15, 0.2) is 0 Å². The lowest BCUT2D eigenvalue weighted by atomic mass is 10.2. The smallest absolute Gasteiger partial charge is 0.250 e. The van der Waals surface area contributed by atoms with Crippen LogP contribution in [0.2, 0.25) is 0 Å². The van der Waals surface area contributed by atoms with Gasteiger partial charge in [0, 0.05) is 0 Å². The van der Waals surface area contributed by atoms with Crippen molar-refractivity contribution in [1.29, 1.82) is 0 Å². The molecule has 0 aliphatic rings. The van der Waals surface area contributed by atoms with Gasteiger partial charge in [-0.3, -0.25) is 4.79 Å². The summed E-state index contributed by atoms with van der Waals surface area (Å²) in [7, 11) is 0. The fourth-order valence-electron chi connectivity index (χ4n) is 1.89. The molecule has 0 bridgehead atoms. The van der Waals surface area contributed by atoms with E-state index in [9.17, 15) is 9.18 Å². The number of halogens is 1. The first-order chi connectivity index (χ1) is 12.2. The minimum absolute atomic E-state index is 0.105. The Kier molecular flexibility index (Phi) is 5.47. The summed E-state index contributed by atoms with van der Waals surface area (Å²) in [4.78, 5) is 11.8. The van der Waals surface area contributed by atoms with Crippen molar-refractivity contribution in [3.63, 3.8) is 0 Å². The summed E-state index contributed by atoms with van der Waals surface area (Å²) in [6.45, 7) is 0. The van der Waals surface area contributed by atoms with Crippen molar-refractivity contribution in [2.75, 3.05) is 5.75 Å². The Labute approximate surface area is 146 Å². The predicted molar refractivity (Wildman–Crippen MR) is 92.0 cm³/mol. The number of tetrazole rings is 1. The highest BCUT2D eigenvalue weighted by Crippen LogP contribution is 2.17. The Balaban J connectivity index is 1.53. The van der Waals surface area contributed by atoms with Crippen molar-refractivity contribution in [1.82, 2.24) is 25.6 Å². The van der Waals surface area contributed by atoms with E-state index < -0.39 is 0 Å². The lowest BCUT2D eigenvalue weighted by Crippen LogP contribution is -2.20. The van der Waals surface area contributed by atoms with Gasteiger partial charge in [-0.1, -0.05) is 42.1 Å². The van der Waals surface area contributed by atoms with Gasteiger partial charge < -0.3 is 0 Å². The Hall–Kier alpha value is -3.07. The molecule has 2 aromatic carbocycles. The Morgan fingerprint density at radius 3 is 2.72 bits per heavy atom. The van der Waals surface area contributed by atoms with Gasteiger partial charge in [-0.25, -0.2) is 9.82 Å². The van der Waals surface area contributed by atoms with E-state index in [4.69, 9.17) is 0 Å². The summed E-state index contributed by atoms with van der Waals surface area (Å²) in [6, 6.07) is 15.2. The summed E-state index contributed by atoms with van der Waals surface area (Å²) in [5.74, 6) is -0.520. The fourth-order valence-corrected chi connectivity index (χ4v) is 2.57. The number of nitrogens with one attached hydrogen (secondary N) is 1.